The van der Waals surface area contributed by atoms with Gasteiger partial charge in [0.25, 0.3) is 0 Å². The number of aliphatic carboxylic acids is 1. The van der Waals surface area contributed by atoms with Gasteiger partial charge in [-0.1, -0.05) is 0 Å². The molecule has 0 unspecified atom stereocenters. The van der Waals surface area contributed by atoms with Crippen LogP contribution in [0.5, 0.6) is 0 Å². The molecule has 0 aliphatic rings. The zero-order chi connectivity index (χ0) is 23.5. The lowest BCUT2D eigenvalue weighted by Gasteiger charge is -2.19. The molecule has 0 aromatic rings. The maximum atomic E-state index is 11.5. The van der Waals surface area contributed by atoms with E-state index < -0.39 is 23.3 Å². The second kappa shape index (κ2) is 17.6. The Bertz CT molecular complexity index is 540. The van der Waals surface area contributed by atoms with Crippen LogP contribution in [0.15, 0.2) is 0 Å². The average molecular weight is 450 g/mol. The van der Waals surface area contributed by atoms with Crippen molar-refractivity contribution in [3.8, 4) is 0 Å². The molecule has 0 aliphatic heterocycles. The van der Waals surface area contributed by atoms with Gasteiger partial charge < -0.3 is 33.5 Å². The summed E-state index contributed by atoms with van der Waals surface area (Å²) in [6.07, 6.45) is -0.462. The fourth-order valence-corrected chi connectivity index (χ4v) is 1.92. The van der Waals surface area contributed by atoms with E-state index in [1.807, 2.05) is 20.8 Å². The highest BCUT2D eigenvalue weighted by Crippen LogP contribution is 2.08. The molecule has 0 aliphatic carbocycles. The summed E-state index contributed by atoms with van der Waals surface area (Å²) in [5.74, 6) is -3.54. The van der Waals surface area contributed by atoms with Crippen LogP contribution in [0.3, 0.4) is 0 Å². The fourth-order valence-electron chi connectivity index (χ4n) is 1.92. The van der Waals surface area contributed by atoms with Crippen molar-refractivity contribution < 1.29 is 52.7 Å². The van der Waals surface area contributed by atoms with Gasteiger partial charge in [0, 0.05) is 6.42 Å². The predicted octanol–water partition coefficient (Wildman–Crippen LogP) is 0.762. The number of hydrogen-bond donors (Lipinski definition) is 1. The number of carbonyl (C=O) groups excluding carboxylic acids is 3. The third-order valence-corrected chi connectivity index (χ3v) is 3.27. The van der Waals surface area contributed by atoms with Crippen molar-refractivity contribution in [1.82, 2.24) is 0 Å². The van der Waals surface area contributed by atoms with Crippen LogP contribution >= 0.6 is 0 Å². The van der Waals surface area contributed by atoms with Crippen LogP contribution in [0.25, 0.3) is 0 Å². The summed E-state index contributed by atoms with van der Waals surface area (Å²) in [5.41, 5.74) is -0.495. The number of carboxylic acid groups (broad SMARTS) is 1. The van der Waals surface area contributed by atoms with Crippen molar-refractivity contribution >= 4 is 23.7 Å². The first kappa shape index (κ1) is 28.9. The number of esters is 2. The molecule has 0 saturated carbocycles. The Kier molecular flexibility index (Phi) is 16.4. The second-order valence-corrected chi connectivity index (χ2v) is 7.23. The van der Waals surface area contributed by atoms with Crippen LogP contribution < -0.4 is 0 Å². The number of hydrogen-bond acceptors (Lipinski definition) is 10. The van der Waals surface area contributed by atoms with Crippen LogP contribution in [-0.4, -0.2) is 93.9 Å². The molecule has 0 bridgehead atoms. The number of rotatable bonds is 19. The maximum absolute atomic E-state index is 11.5. The molecule has 11 nitrogen and oxygen atoms in total. The zero-order valence-corrected chi connectivity index (χ0v) is 18.5. The SMILES string of the molecule is CC(C)(C)OC(=O)CCOCCOCCOCCOCCOC(=O)CCC(=O)C(=O)O. The van der Waals surface area contributed by atoms with Crippen molar-refractivity contribution in [3.05, 3.63) is 0 Å². The van der Waals surface area contributed by atoms with E-state index in [2.05, 4.69) is 0 Å². The van der Waals surface area contributed by atoms with Gasteiger partial charge in [0.05, 0.1) is 65.7 Å². The van der Waals surface area contributed by atoms with Gasteiger partial charge in [0.2, 0.25) is 5.78 Å². The highest BCUT2D eigenvalue weighted by Gasteiger charge is 2.16. The minimum absolute atomic E-state index is 0.0110. The third kappa shape index (κ3) is 21.0. The number of ether oxygens (including phenoxy) is 6. The van der Waals surface area contributed by atoms with E-state index in [9.17, 15) is 19.2 Å². The average Bonchev–Trinajstić information content (AvgIpc) is 2.67. The smallest absolute Gasteiger partial charge is 0.372 e. The van der Waals surface area contributed by atoms with Crippen molar-refractivity contribution in [2.24, 2.45) is 0 Å². The summed E-state index contributed by atoms with van der Waals surface area (Å²) in [4.78, 5) is 43.9. The van der Waals surface area contributed by atoms with E-state index in [-0.39, 0.29) is 45.1 Å². The van der Waals surface area contributed by atoms with Gasteiger partial charge in [0.1, 0.15) is 12.2 Å². The molecule has 11 heteroatoms. The first-order chi connectivity index (χ1) is 14.6. The van der Waals surface area contributed by atoms with Crippen LogP contribution in [-0.2, 0) is 47.6 Å². The van der Waals surface area contributed by atoms with Crippen LogP contribution in [0.2, 0.25) is 0 Å². The molecule has 1 N–H and O–H groups in total. The first-order valence-corrected chi connectivity index (χ1v) is 10.1. The lowest BCUT2D eigenvalue weighted by Crippen LogP contribution is -2.24. The van der Waals surface area contributed by atoms with E-state index in [1.54, 1.807) is 0 Å². The lowest BCUT2D eigenvalue weighted by atomic mass is 10.2. The molecule has 31 heavy (non-hydrogen) atoms. The summed E-state index contributed by atoms with van der Waals surface area (Å²) >= 11 is 0. The van der Waals surface area contributed by atoms with Crippen molar-refractivity contribution in [3.63, 3.8) is 0 Å². The molecule has 0 amide bonds. The highest BCUT2D eigenvalue weighted by molar-refractivity contribution is 6.32. The van der Waals surface area contributed by atoms with Crippen LogP contribution in [0.1, 0.15) is 40.0 Å². The lowest BCUT2D eigenvalue weighted by molar-refractivity contribution is -0.156. The molecule has 0 aromatic heterocycles. The molecule has 0 radical (unpaired) electrons. The van der Waals surface area contributed by atoms with Gasteiger partial charge >= 0.3 is 17.9 Å². The molecule has 0 aromatic carbocycles. The minimum Gasteiger partial charge on any atom is -0.476 e. The molecule has 0 heterocycles. The highest BCUT2D eigenvalue weighted by atomic mass is 16.6. The van der Waals surface area contributed by atoms with Crippen molar-refractivity contribution in [1.29, 1.82) is 0 Å². The van der Waals surface area contributed by atoms with Crippen molar-refractivity contribution in [2.75, 3.05) is 59.5 Å². The molecular weight excluding hydrogens is 416 g/mol. The van der Waals surface area contributed by atoms with Gasteiger partial charge in [-0.05, 0) is 20.8 Å². The fraction of sp³-hybridized carbons (Fsp3) is 0.800. The first-order valence-electron chi connectivity index (χ1n) is 10.1. The van der Waals surface area contributed by atoms with Gasteiger partial charge in [-0.3, -0.25) is 14.4 Å². The number of ketones is 1. The van der Waals surface area contributed by atoms with E-state index in [0.29, 0.717) is 39.6 Å². The van der Waals surface area contributed by atoms with Gasteiger partial charge in [-0.15, -0.1) is 0 Å². The van der Waals surface area contributed by atoms with E-state index in [1.165, 1.54) is 0 Å². The zero-order valence-electron chi connectivity index (χ0n) is 18.5. The Morgan fingerprint density at radius 3 is 1.52 bits per heavy atom. The molecular formula is C20H34O11. The standard InChI is InChI=1S/C20H34O11/c1-20(2,3)31-18(23)6-7-26-8-9-27-10-11-28-12-13-29-14-15-30-17(22)5-4-16(21)19(24)25/h4-15H2,1-3H3,(H,24,25). The number of Topliss-reactive ketones (excluding diaryl/α,β-unsaturated/α-hetero) is 1. The predicted molar refractivity (Wildman–Crippen MR) is 107 cm³/mol. The van der Waals surface area contributed by atoms with E-state index >= 15 is 0 Å². The quantitative estimate of drug-likeness (QED) is 0.169. The molecule has 0 rings (SSSR count). The minimum atomic E-state index is -1.56. The number of carboxylic acids is 1. The van der Waals surface area contributed by atoms with Gasteiger partial charge in [0.15, 0.2) is 0 Å². The molecule has 0 atom stereocenters. The Morgan fingerprint density at radius 2 is 1.06 bits per heavy atom. The summed E-state index contributed by atoms with van der Waals surface area (Å²) in [6, 6.07) is 0. The Labute approximate surface area is 182 Å². The third-order valence-electron chi connectivity index (χ3n) is 3.27. The largest absolute Gasteiger partial charge is 0.476 e. The molecule has 0 saturated heterocycles. The normalized spacial score (nSPS) is 11.2. The van der Waals surface area contributed by atoms with Crippen LogP contribution in [0.4, 0.5) is 0 Å². The maximum Gasteiger partial charge on any atom is 0.372 e. The van der Waals surface area contributed by atoms with E-state index in [0.717, 1.165) is 0 Å². The monoisotopic (exact) mass is 450 g/mol. The van der Waals surface area contributed by atoms with E-state index in [4.69, 9.17) is 33.5 Å². The summed E-state index contributed by atoms with van der Waals surface area (Å²) in [6.45, 7) is 8.07. The summed E-state index contributed by atoms with van der Waals surface area (Å²) in [7, 11) is 0. The Hall–Kier alpha value is -2.08. The summed E-state index contributed by atoms with van der Waals surface area (Å²) < 4.78 is 31.1. The molecule has 0 spiro atoms. The second-order valence-electron chi connectivity index (χ2n) is 7.23. The Balaban J connectivity index is 3.30. The van der Waals surface area contributed by atoms with Gasteiger partial charge in [-0.25, -0.2) is 4.79 Å². The molecule has 0 fully saturated rings. The van der Waals surface area contributed by atoms with Gasteiger partial charge in [-0.2, -0.15) is 0 Å². The molecule has 180 valence electrons. The number of carbonyl (C=O) groups is 4. The van der Waals surface area contributed by atoms with Crippen LogP contribution in [0, 0.1) is 0 Å². The Morgan fingerprint density at radius 1 is 0.613 bits per heavy atom. The topological polar surface area (TPSA) is 144 Å². The van der Waals surface area contributed by atoms with Crippen molar-refractivity contribution in [2.45, 2.75) is 45.6 Å². The summed E-state index contributed by atoms with van der Waals surface area (Å²) in [5, 5.41) is 8.39.